The first kappa shape index (κ1) is 13.2. The lowest BCUT2D eigenvalue weighted by Gasteiger charge is -2.24. The minimum Gasteiger partial charge on any atom is -0.497 e. The van der Waals surface area contributed by atoms with Gasteiger partial charge in [0.05, 0.1) is 13.7 Å². The van der Waals surface area contributed by atoms with Gasteiger partial charge < -0.3 is 14.8 Å². The number of hydrogen-bond donors (Lipinski definition) is 1. The van der Waals surface area contributed by atoms with Crippen LogP contribution in [0.1, 0.15) is 31.7 Å². The molecule has 1 N–H and O–H groups in total. The first-order chi connectivity index (χ1) is 8.83. The van der Waals surface area contributed by atoms with Crippen molar-refractivity contribution in [3.8, 4) is 11.5 Å². The Morgan fingerprint density at radius 1 is 1.33 bits per heavy atom. The van der Waals surface area contributed by atoms with Crippen LogP contribution in [-0.2, 0) is 6.42 Å². The molecule has 1 unspecified atom stereocenters. The number of rotatable bonds is 5. The molecular weight excluding hydrogens is 226 g/mol. The van der Waals surface area contributed by atoms with Crippen LogP contribution in [0.4, 0.5) is 0 Å². The zero-order chi connectivity index (χ0) is 12.8. The van der Waals surface area contributed by atoms with E-state index in [1.54, 1.807) is 7.11 Å². The number of piperidine rings is 1. The van der Waals surface area contributed by atoms with Gasteiger partial charge in [-0.2, -0.15) is 0 Å². The highest BCUT2D eigenvalue weighted by Crippen LogP contribution is 2.27. The maximum Gasteiger partial charge on any atom is 0.126 e. The second kappa shape index (κ2) is 6.64. The van der Waals surface area contributed by atoms with E-state index in [1.807, 2.05) is 19.1 Å². The summed E-state index contributed by atoms with van der Waals surface area (Å²) in [6.07, 6.45) is 4.94. The Labute approximate surface area is 109 Å². The van der Waals surface area contributed by atoms with Gasteiger partial charge in [0.1, 0.15) is 11.5 Å². The van der Waals surface area contributed by atoms with Gasteiger partial charge >= 0.3 is 0 Å². The average Bonchev–Trinajstić information content (AvgIpc) is 2.42. The smallest absolute Gasteiger partial charge is 0.126 e. The van der Waals surface area contributed by atoms with Crippen molar-refractivity contribution in [3.05, 3.63) is 23.8 Å². The van der Waals surface area contributed by atoms with E-state index >= 15 is 0 Å². The summed E-state index contributed by atoms with van der Waals surface area (Å²) in [6.45, 7) is 3.85. The first-order valence-electron chi connectivity index (χ1n) is 6.86. The summed E-state index contributed by atoms with van der Waals surface area (Å²) < 4.78 is 11.0. The second-order valence-corrected chi connectivity index (χ2v) is 4.76. The van der Waals surface area contributed by atoms with Crippen LogP contribution in [0.25, 0.3) is 0 Å². The fourth-order valence-corrected chi connectivity index (χ4v) is 2.48. The number of nitrogens with one attached hydrogen (secondary N) is 1. The van der Waals surface area contributed by atoms with Gasteiger partial charge in [-0.25, -0.2) is 0 Å². The van der Waals surface area contributed by atoms with Crippen molar-refractivity contribution in [1.29, 1.82) is 0 Å². The first-order valence-corrected chi connectivity index (χ1v) is 6.86. The van der Waals surface area contributed by atoms with Gasteiger partial charge in [-0.05, 0) is 44.4 Å². The normalized spacial score (nSPS) is 19.6. The number of hydrogen-bond acceptors (Lipinski definition) is 3. The van der Waals surface area contributed by atoms with E-state index in [2.05, 4.69) is 11.4 Å². The van der Waals surface area contributed by atoms with Gasteiger partial charge in [-0.1, -0.05) is 12.5 Å². The van der Waals surface area contributed by atoms with Crippen LogP contribution < -0.4 is 14.8 Å². The molecule has 100 valence electrons. The fraction of sp³-hybridized carbons (Fsp3) is 0.600. The summed E-state index contributed by atoms with van der Waals surface area (Å²) in [5.74, 6) is 1.82. The molecule has 0 amide bonds. The molecule has 3 heteroatoms. The van der Waals surface area contributed by atoms with Crippen LogP contribution in [0.5, 0.6) is 11.5 Å². The molecule has 1 heterocycles. The largest absolute Gasteiger partial charge is 0.497 e. The highest BCUT2D eigenvalue weighted by Gasteiger charge is 2.15. The molecule has 2 rings (SSSR count). The zero-order valence-corrected chi connectivity index (χ0v) is 11.4. The molecule has 3 nitrogen and oxygen atoms in total. The molecule has 1 aliphatic rings. The molecule has 0 spiro atoms. The lowest BCUT2D eigenvalue weighted by atomic mass is 9.97. The fourth-order valence-electron chi connectivity index (χ4n) is 2.48. The maximum atomic E-state index is 5.71. The predicted molar refractivity (Wildman–Crippen MR) is 73.5 cm³/mol. The van der Waals surface area contributed by atoms with Gasteiger partial charge in [-0.15, -0.1) is 0 Å². The Kier molecular flexibility index (Phi) is 4.88. The van der Waals surface area contributed by atoms with Crippen LogP contribution >= 0.6 is 0 Å². The summed E-state index contributed by atoms with van der Waals surface area (Å²) >= 11 is 0. The van der Waals surface area contributed by atoms with Crippen molar-refractivity contribution in [1.82, 2.24) is 5.32 Å². The van der Waals surface area contributed by atoms with Crippen molar-refractivity contribution in [2.24, 2.45) is 0 Å². The van der Waals surface area contributed by atoms with Crippen LogP contribution in [0.15, 0.2) is 18.2 Å². The highest BCUT2D eigenvalue weighted by atomic mass is 16.5. The Bertz CT molecular complexity index is 373. The molecule has 1 fully saturated rings. The van der Waals surface area contributed by atoms with Gasteiger partial charge in [0, 0.05) is 12.1 Å². The van der Waals surface area contributed by atoms with Crippen molar-refractivity contribution in [3.63, 3.8) is 0 Å². The summed E-state index contributed by atoms with van der Waals surface area (Å²) in [7, 11) is 1.69. The van der Waals surface area contributed by atoms with E-state index in [1.165, 1.54) is 24.8 Å². The minimum absolute atomic E-state index is 0.589. The quantitative estimate of drug-likeness (QED) is 0.870. The molecule has 1 aromatic carbocycles. The molecule has 0 bridgehead atoms. The summed E-state index contributed by atoms with van der Waals surface area (Å²) in [4.78, 5) is 0. The molecule has 0 saturated carbocycles. The summed E-state index contributed by atoms with van der Waals surface area (Å²) in [6, 6.07) is 6.72. The molecule has 0 aliphatic carbocycles. The van der Waals surface area contributed by atoms with Crippen molar-refractivity contribution < 1.29 is 9.47 Å². The second-order valence-electron chi connectivity index (χ2n) is 4.76. The molecule has 0 radical (unpaired) electrons. The molecule has 0 aromatic heterocycles. The predicted octanol–water partition coefficient (Wildman–Crippen LogP) is 2.78. The third-order valence-corrected chi connectivity index (χ3v) is 3.45. The Morgan fingerprint density at radius 3 is 2.89 bits per heavy atom. The van der Waals surface area contributed by atoms with E-state index in [4.69, 9.17) is 9.47 Å². The Balaban J connectivity index is 2.09. The molecule has 1 atom stereocenters. The van der Waals surface area contributed by atoms with E-state index in [9.17, 15) is 0 Å². The van der Waals surface area contributed by atoms with Crippen LogP contribution in [-0.4, -0.2) is 26.3 Å². The number of methoxy groups -OCH3 is 1. The topological polar surface area (TPSA) is 30.5 Å². The van der Waals surface area contributed by atoms with Gasteiger partial charge in [0.25, 0.3) is 0 Å². The van der Waals surface area contributed by atoms with E-state index in [0.717, 1.165) is 24.5 Å². The van der Waals surface area contributed by atoms with Gasteiger partial charge in [-0.3, -0.25) is 0 Å². The summed E-state index contributed by atoms with van der Waals surface area (Å²) in [5.41, 5.74) is 1.28. The van der Waals surface area contributed by atoms with Crippen molar-refractivity contribution in [2.75, 3.05) is 20.3 Å². The van der Waals surface area contributed by atoms with E-state index in [-0.39, 0.29) is 0 Å². The molecular formula is C15H23NO2. The third kappa shape index (κ3) is 3.39. The minimum atomic E-state index is 0.589. The molecule has 1 saturated heterocycles. The SMILES string of the molecule is CCOc1cc(OC)ccc1CC1CCCCN1. The van der Waals surface area contributed by atoms with E-state index in [0.29, 0.717) is 12.6 Å². The zero-order valence-electron chi connectivity index (χ0n) is 11.4. The number of benzene rings is 1. The molecule has 18 heavy (non-hydrogen) atoms. The van der Waals surface area contributed by atoms with Crippen LogP contribution in [0, 0.1) is 0 Å². The van der Waals surface area contributed by atoms with Crippen LogP contribution in [0.2, 0.25) is 0 Å². The third-order valence-electron chi connectivity index (χ3n) is 3.45. The van der Waals surface area contributed by atoms with Crippen LogP contribution in [0.3, 0.4) is 0 Å². The Morgan fingerprint density at radius 2 is 2.22 bits per heavy atom. The molecule has 1 aliphatic heterocycles. The maximum absolute atomic E-state index is 5.71. The summed E-state index contributed by atoms with van der Waals surface area (Å²) in [5, 5.41) is 3.58. The van der Waals surface area contributed by atoms with E-state index < -0.39 is 0 Å². The highest BCUT2D eigenvalue weighted by molar-refractivity contribution is 5.41. The number of ether oxygens (including phenoxy) is 2. The molecule has 1 aromatic rings. The van der Waals surface area contributed by atoms with Gasteiger partial charge in [0.2, 0.25) is 0 Å². The lowest BCUT2D eigenvalue weighted by molar-refractivity contribution is 0.327. The van der Waals surface area contributed by atoms with Gasteiger partial charge in [0.15, 0.2) is 0 Å². The lowest BCUT2D eigenvalue weighted by Crippen LogP contribution is -2.35. The van der Waals surface area contributed by atoms with Crippen molar-refractivity contribution in [2.45, 2.75) is 38.6 Å². The standard InChI is InChI=1S/C15H23NO2/c1-3-18-15-11-14(17-2)8-7-12(15)10-13-6-4-5-9-16-13/h7-8,11,13,16H,3-6,9-10H2,1-2H3. The monoisotopic (exact) mass is 249 g/mol. The average molecular weight is 249 g/mol. The Hall–Kier alpha value is -1.22. The van der Waals surface area contributed by atoms with Crippen molar-refractivity contribution >= 4 is 0 Å².